The van der Waals surface area contributed by atoms with Crippen LogP contribution in [0.5, 0.6) is 0 Å². The molecular formula is C14H10BrN3O. The molecule has 0 spiro atoms. The van der Waals surface area contributed by atoms with Crippen molar-refractivity contribution >= 4 is 27.0 Å². The molecule has 0 radical (unpaired) electrons. The Morgan fingerprint density at radius 2 is 1.89 bits per heavy atom. The number of aryl methyl sites for hydroxylation is 1. The van der Waals surface area contributed by atoms with E-state index in [4.69, 9.17) is 0 Å². The first-order valence-electron chi connectivity index (χ1n) is 5.77. The minimum absolute atomic E-state index is 0.0991. The highest BCUT2D eigenvalue weighted by molar-refractivity contribution is 9.10. The fourth-order valence-corrected chi connectivity index (χ4v) is 2.28. The van der Waals surface area contributed by atoms with Crippen molar-refractivity contribution < 1.29 is 0 Å². The van der Waals surface area contributed by atoms with Gasteiger partial charge < -0.3 is 0 Å². The van der Waals surface area contributed by atoms with E-state index >= 15 is 0 Å². The fourth-order valence-electron chi connectivity index (χ4n) is 2.02. The van der Waals surface area contributed by atoms with Crippen molar-refractivity contribution in [1.82, 2.24) is 14.5 Å². The molecule has 19 heavy (non-hydrogen) atoms. The van der Waals surface area contributed by atoms with Crippen LogP contribution in [0.1, 0.15) is 5.82 Å². The second kappa shape index (κ2) is 4.59. The SMILES string of the molecule is Cc1nc2ncccc2c(=O)n1-c1ccc(Br)cc1. The zero-order chi connectivity index (χ0) is 13.4. The molecule has 2 heterocycles. The lowest BCUT2D eigenvalue weighted by Gasteiger charge is -2.10. The van der Waals surface area contributed by atoms with E-state index in [2.05, 4.69) is 25.9 Å². The predicted octanol–water partition coefficient (Wildman–Crippen LogP) is 2.85. The molecule has 0 N–H and O–H groups in total. The molecule has 0 bridgehead atoms. The third kappa shape index (κ3) is 2.06. The van der Waals surface area contributed by atoms with Crippen LogP contribution in [0.3, 0.4) is 0 Å². The summed E-state index contributed by atoms with van der Waals surface area (Å²) < 4.78 is 2.56. The maximum absolute atomic E-state index is 12.5. The highest BCUT2D eigenvalue weighted by Crippen LogP contribution is 2.15. The molecule has 0 aliphatic heterocycles. The van der Waals surface area contributed by atoms with Crippen molar-refractivity contribution in [3.8, 4) is 5.69 Å². The van der Waals surface area contributed by atoms with Gasteiger partial charge >= 0.3 is 0 Å². The minimum atomic E-state index is -0.0991. The Morgan fingerprint density at radius 3 is 2.63 bits per heavy atom. The van der Waals surface area contributed by atoms with Gasteiger partial charge in [0.25, 0.3) is 5.56 Å². The molecule has 2 aromatic heterocycles. The molecule has 0 amide bonds. The van der Waals surface area contributed by atoms with E-state index in [1.54, 1.807) is 29.8 Å². The van der Waals surface area contributed by atoms with Crippen LogP contribution in [0, 0.1) is 6.92 Å². The molecular weight excluding hydrogens is 306 g/mol. The number of aromatic nitrogens is 3. The molecule has 0 aliphatic carbocycles. The van der Waals surface area contributed by atoms with E-state index in [0.29, 0.717) is 16.9 Å². The van der Waals surface area contributed by atoms with Crippen molar-refractivity contribution in [2.45, 2.75) is 6.92 Å². The summed E-state index contributed by atoms with van der Waals surface area (Å²) in [5, 5.41) is 0.524. The van der Waals surface area contributed by atoms with Crippen LogP contribution >= 0.6 is 15.9 Å². The number of nitrogens with zero attached hydrogens (tertiary/aromatic N) is 3. The molecule has 0 aliphatic rings. The number of hydrogen-bond donors (Lipinski definition) is 0. The smallest absolute Gasteiger partial charge is 0.267 e. The number of hydrogen-bond acceptors (Lipinski definition) is 3. The number of benzene rings is 1. The standard InChI is InChI=1S/C14H10BrN3O/c1-9-17-13-12(3-2-8-16-13)14(19)18(9)11-6-4-10(15)5-7-11/h2-8H,1H3. The number of rotatable bonds is 1. The van der Waals surface area contributed by atoms with Gasteiger partial charge in [-0.2, -0.15) is 0 Å². The van der Waals surface area contributed by atoms with Crippen molar-refractivity contribution in [3.63, 3.8) is 0 Å². The van der Waals surface area contributed by atoms with Gasteiger partial charge in [-0.15, -0.1) is 0 Å². The molecule has 0 unspecified atom stereocenters. The first-order chi connectivity index (χ1) is 9.16. The molecule has 94 valence electrons. The van der Waals surface area contributed by atoms with E-state index in [9.17, 15) is 4.79 Å². The van der Waals surface area contributed by atoms with Crippen LogP contribution in [-0.2, 0) is 0 Å². The van der Waals surface area contributed by atoms with Crippen molar-refractivity contribution in [3.05, 3.63) is 63.2 Å². The Balaban J connectivity index is 2.35. The maximum Gasteiger partial charge on any atom is 0.267 e. The largest absolute Gasteiger partial charge is 0.268 e. The van der Waals surface area contributed by atoms with Crippen LogP contribution in [0.2, 0.25) is 0 Å². The van der Waals surface area contributed by atoms with Gasteiger partial charge in [0, 0.05) is 10.7 Å². The van der Waals surface area contributed by atoms with Gasteiger partial charge in [-0.25, -0.2) is 9.97 Å². The van der Waals surface area contributed by atoms with Crippen molar-refractivity contribution in [1.29, 1.82) is 0 Å². The Morgan fingerprint density at radius 1 is 1.16 bits per heavy atom. The highest BCUT2D eigenvalue weighted by Gasteiger charge is 2.09. The molecule has 3 rings (SSSR count). The molecule has 3 aromatic rings. The van der Waals surface area contributed by atoms with Gasteiger partial charge in [0.15, 0.2) is 5.65 Å². The van der Waals surface area contributed by atoms with Crippen LogP contribution in [-0.4, -0.2) is 14.5 Å². The Labute approximate surface area is 117 Å². The van der Waals surface area contributed by atoms with Crippen molar-refractivity contribution in [2.75, 3.05) is 0 Å². The average molecular weight is 316 g/mol. The van der Waals surface area contributed by atoms with Gasteiger partial charge in [-0.05, 0) is 43.3 Å². The molecule has 0 saturated heterocycles. The molecule has 0 saturated carbocycles. The van der Waals surface area contributed by atoms with Gasteiger partial charge in [-0.1, -0.05) is 15.9 Å². The van der Waals surface area contributed by atoms with E-state index in [0.717, 1.165) is 10.2 Å². The van der Waals surface area contributed by atoms with E-state index in [-0.39, 0.29) is 5.56 Å². The number of pyridine rings is 1. The quantitative estimate of drug-likeness (QED) is 0.693. The fraction of sp³-hybridized carbons (Fsp3) is 0.0714. The topological polar surface area (TPSA) is 47.8 Å². The first-order valence-corrected chi connectivity index (χ1v) is 6.56. The average Bonchev–Trinajstić information content (AvgIpc) is 2.41. The van der Waals surface area contributed by atoms with E-state index < -0.39 is 0 Å². The lowest BCUT2D eigenvalue weighted by molar-refractivity contribution is 0.889. The van der Waals surface area contributed by atoms with Gasteiger partial charge in [-0.3, -0.25) is 9.36 Å². The van der Waals surface area contributed by atoms with Gasteiger partial charge in [0.1, 0.15) is 5.82 Å². The lowest BCUT2D eigenvalue weighted by atomic mass is 10.3. The number of halogens is 1. The van der Waals surface area contributed by atoms with Crippen LogP contribution < -0.4 is 5.56 Å². The van der Waals surface area contributed by atoms with E-state index in [1.807, 2.05) is 24.3 Å². The minimum Gasteiger partial charge on any atom is -0.268 e. The summed E-state index contributed by atoms with van der Waals surface area (Å²) in [6.07, 6.45) is 1.64. The Hall–Kier alpha value is -2.01. The molecule has 0 atom stereocenters. The highest BCUT2D eigenvalue weighted by atomic mass is 79.9. The number of fused-ring (bicyclic) bond motifs is 1. The Kier molecular flexibility index (Phi) is 2.91. The molecule has 0 fully saturated rings. The normalized spacial score (nSPS) is 10.8. The van der Waals surface area contributed by atoms with Gasteiger partial charge in [0.05, 0.1) is 11.1 Å². The summed E-state index contributed by atoms with van der Waals surface area (Å²) >= 11 is 3.38. The monoisotopic (exact) mass is 315 g/mol. The summed E-state index contributed by atoms with van der Waals surface area (Å²) in [4.78, 5) is 21.0. The zero-order valence-corrected chi connectivity index (χ0v) is 11.8. The summed E-state index contributed by atoms with van der Waals surface area (Å²) in [5.74, 6) is 0.624. The Bertz CT molecular complexity index is 809. The van der Waals surface area contributed by atoms with Gasteiger partial charge in [0.2, 0.25) is 0 Å². The summed E-state index contributed by atoms with van der Waals surface area (Å²) in [6.45, 7) is 1.80. The zero-order valence-electron chi connectivity index (χ0n) is 10.2. The predicted molar refractivity (Wildman–Crippen MR) is 77.6 cm³/mol. The van der Waals surface area contributed by atoms with E-state index in [1.165, 1.54) is 0 Å². The third-order valence-corrected chi connectivity index (χ3v) is 3.42. The summed E-state index contributed by atoms with van der Waals surface area (Å²) in [5.41, 5.74) is 1.18. The second-order valence-electron chi connectivity index (χ2n) is 4.15. The second-order valence-corrected chi connectivity index (χ2v) is 5.07. The van der Waals surface area contributed by atoms with Crippen LogP contribution in [0.15, 0.2) is 51.9 Å². The molecule has 1 aromatic carbocycles. The van der Waals surface area contributed by atoms with Crippen LogP contribution in [0.4, 0.5) is 0 Å². The van der Waals surface area contributed by atoms with Crippen LogP contribution in [0.25, 0.3) is 16.7 Å². The molecule has 5 heteroatoms. The van der Waals surface area contributed by atoms with Crippen molar-refractivity contribution in [2.24, 2.45) is 0 Å². The molecule has 4 nitrogen and oxygen atoms in total. The summed E-state index contributed by atoms with van der Waals surface area (Å²) in [7, 11) is 0. The lowest BCUT2D eigenvalue weighted by Crippen LogP contribution is -2.22. The summed E-state index contributed by atoms with van der Waals surface area (Å²) in [6, 6.07) is 11.0. The maximum atomic E-state index is 12.5. The first kappa shape index (κ1) is 12.0. The third-order valence-electron chi connectivity index (χ3n) is 2.90.